The molecule has 0 aliphatic carbocycles. The molecule has 0 atom stereocenters. The molecule has 0 fully saturated rings. The number of benzene rings is 2. The van der Waals surface area contributed by atoms with Crippen LogP contribution in [0.2, 0.25) is 0 Å². The minimum Gasteiger partial charge on any atom is -0.352 e. The highest BCUT2D eigenvalue weighted by atomic mass is 16.5. The van der Waals surface area contributed by atoms with E-state index in [2.05, 4.69) is 39.7 Å². The van der Waals surface area contributed by atoms with E-state index in [0.717, 1.165) is 6.42 Å². The van der Waals surface area contributed by atoms with Crippen molar-refractivity contribution in [3.8, 4) is 0 Å². The van der Waals surface area contributed by atoms with Crippen LogP contribution >= 0.6 is 0 Å². The third-order valence-electron chi connectivity index (χ3n) is 5.09. The van der Waals surface area contributed by atoms with Crippen LogP contribution in [0.1, 0.15) is 39.6 Å². The fraction of sp³-hybridized carbons (Fsp3) is 0.167. The molecule has 7 heteroatoms. The van der Waals surface area contributed by atoms with Gasteiger partial charge >= 0.3 is 0 Å². The molecule has 0 saturated heterocycles. The molecule has 0 radical (unpaired) electrons. The van der Waals surface area contributed by atoms with Crippen LogP contribution in [-0.4, -0.2) is 27.2 Å². The van der Waals surface area contributed by atoms with Crippen molar-refractivity contribution in [2.24, 2.45) is 0 Å². The summed E-state index contributed by atoms with van der Waals surface area (Å²) in [6.07, 6.45) is 3.47. The Morgan fingerprint density at radius 2 is 1.65 bits per heavy atom. The normalized spacial score (nSPS) is 10.9. The number of carbonyl (C=O) groups excluding carboxylic acids is 1. The average Bonchev–Trinajstić information content (AvgIpc) is 3.32. The van der Waals surface area contributed by atoms with Gasteiger partial charge in [0.05, 0.1) is 12.1 Å². The third-order valence-corrected chi connectivity index (χ3v) is 5.09. The second kappa shape index (κ2) is 9.67. The molecule has 1 N–H and O–H groups in total. The second-order valence-electron chi connectivity index (χ2n) is 7.15. The highest BCUT2D eigenvalue weighted by molar-refractivity contribution is 5.93. The molecule has 2 aromatic heterocycles. The van der Waals surface area contributed by atoms with Gasteiger partial charge in [-0.15, -0.1) is 0 Å². The maximum absolute atomic E-state index is 12.7. The molecule has 0 aliphatic rings. The lowest BCUT2D eigenvalue weighted by molar-refractivity contribution is 0.0952. The van der Waals surface area contributed by atoms with Crippen LogP contribution in [0.15, 0.2) is 94.7 Å². The van der Waals surface area contributed by atoms with Gasteiger partial charge in [-0.3, -0.25) is 9.59 Å². The topological polar surface area (TPSA) is 90.0 Å². The molecule has 2 heterocycles. The summed E-state index contributed by atoms with van der Waals surface area (Å²) in [7, 11) is 0. The van der Waals surface area contributed by atoms with Crippen molar-refractivity contribution in [2.75, 3.05) is 6.54 Å². The van der Waals surface area contributed by atoms with Crippen LogP contribution in [-0.2, 0) is 6.54 Å². The van der Waals surface area contributed by atoms with Crippen LogP contribution in [0.4, 0.5) is 0 Å². The largest absolute Gasteiger partial charge is 0.352 e. The third kappa shape index (κ3) is 5.14. The highest BCUT2D eigenvalue weighted by Gasteiger charge is 2.15. The standard InChI is InChI=1S/C24H22N4O3/c29-23-12-11-20(15-28(23)16-22-26-17-31-27-22)24(30)25-14-13-21(18-7-3-1-4-8-18)19-9-5-2-6-10-19/h1-12,15,17,21H,13-14,16H2,(H,25,30). The van der Waals surface area contributed by atoms with Gasteiger partial charge in [0, 0.05) is 24.7 Å². The SMILES string of the molecule is O=C(NCCC(c1ccccc1)c1ccccc1)c1ccc(=O)n(Cc2ncon2)c1. The fourth-order valence-corrected chi connectivity index (χ4v) is 3.53. The van der Waals surface area contributed by atoms with Gasteiger partial charge in [-0.2, -0.15) is 4.98 Å². The van der Waals surface area contributed by atoms with Crippen molar-refractivity contribution in [3.63, 3.8) is 0 Å². The number of rotatable bonds is 8. The fourth-order valence-electron chi connectivity index (χ4n) is 3.53. The van der Waals surface area contributed by atoms with E-state index < -0.39 is 0 Å². The Bertz CT molecular complexity index is 1130. The van der Waals surface area contributed by atoms with E-state index in [9.17, 15) is 9.59 Å². The van der Waals surface area contributed by atoms with Crippen LogP contribution in [0.3, 0.4) is 0 Å². The van der Waals surface area contributed by atoms with Gasteiger partial charge in [0.15, 0.2) is 5.82 Å². The highest BCUT2D eigenvalue weighted by Crippen LogP contribution is 2.27. The summed E-state index contributed by atoms with van der Waals surface area (Å²) in [5, 5.41) is 6.68. The molecule has 1 amide bonds. The Hall–Kier alpha value is -4.00. The van der Waals surface area contributed by atoms with Gasteiger partial charge in [0.25, 0.3) is 11.5 Å². The molecule has 0 unspecified atom stereocenters. The Labute approximate surface area is 179 Å². The van der Waals surface area contributed by atoms with Crippen molar-refractivity contribution < 1.29 is 9.32 Å². The first-order valence-electron chi connectivity index (χ1n) is 10.0. The molecule has 4 rings (SSSR count). The Balaban J connectivity index is 1.43. The quantitative estimate of drug-likeness (QED) is 0.478. The first kappa shape index (κ1) is 20.3. The smallest absolute Gasteiger partial charge is 0.252 e. The van der Waals surface area contributed by atoms with Gasteiger partial charge in [0.1, 0.15) is 0 Å². The Kier molecular flexibility index (Phi) is 6.32. The summed E-state index contributed by atoms with van der Waals surface area (Å²) in [6, 6.07) is 23.4. The summed E-state index contributed by atoms with van der Waals surface area (Å²) >= 11 is 0. The van der Waals surface area contributed by atoms with E-state index in [1.165, 1.54) is 40.4 Å². The van der Waals surface area contributed by atoms with Crippen molar-refractivity contribution in [3.05, 3.63) is 118 Å². The maximum Gasteiger partial charge on any atom is 0.252 e. The number of hydrogen-bond acceptors (Lipinski definition) is 5. The monoisotopic (exact) mass is 414 g/mol. The lowest BCUT2D eigenvalue weighted by atomic mass is 9.88. The molecular formula is C24H22N4O3. The van der Waals surface area contributed by atoms with Crippen molar-refractivity contribution in [1.82, 2.24) is 20.0 Å². The molecule has 4 aromatic rings. The molecule has 0 aliphatic heterocycles. The zero-order valence-electron chi connectivity index (χ0n) is 16.8. The zero-order valence-corrected chi connectivity index (χ0v) is 16.8. The van der Waals surface area contributed by atoms with Crippen molar-refractivity contribution in [1.29, 1.82) is 0 Å². The van der Waals surface area contributed by atoms with Crippen LogP contribution in [0.25, 0.3) is 0 Å². The number of nitrogens with one attached hydrogen (secondary N) is 1. The van der Waals surface area contributed by atoms with Crippen molar-refractivity contribution in [2.45, 2.75) is 18.9 Å². The van der Waals surface area contributed by atoms with Gasteiger partial charge in [-0.25, -0.2) is 0 Å². The summed E-state index contributed by atoms with van der Waals surface area (Å²) < 4.78 is 6.08. The molecule has 0 spiro atoms. The molecular weight excluding hydrogens is 392 g/mol. The minimum absolute atomic E-state index is 0.139. The van der Waals surface area contributed by atoms with E-state index in [0.29, 0.717) is 17.9 Å². The summed E-state index contributed by atoms with van der Waals surface area (Å²) in [5.41, 5.74) is 2.57. The Morgan fingerprint density at radius 1 is 0.968 bits per heavy atom. The summed E-state index contributed by atoms with van der Waals surface area (Å²) in [6.45, 7) is 0.637. The molecule has 0 bridgehead atoms. The number of nitrogens with zero attached hydrogens (tertiary/aromatic N) is 3. The predicted molar refractivity (Wildman–Crippen MR) is 116 cm³/mol. The first-order chi connectivity index (χ1) is 15.2. The second-order valence-corrected chi connectivity index (χ2v) is 7.15. The predicted octanol–water partition coefficient (Wildman–Crippen LogP) is 3.23. The van der Waals surface area contributed by atoms with E-state index in [4.69, 9.17) is 4.52 Å². The average molecular weight is 414 g/mol. The lowest BCUT2D eigenvalue weighted by Gasteiger charge is -2.18. The lowest BCUT2D eigenvalue weighted by Crippen LogP contribution is -2.28. The molecule has 31 heavy (non-hydrogen) atoms. The van der Waals surface area contributed by atoms with Crippen LogP contribution in [0.5, 0.6) is 0 Å². The van der Waals surface area contributed by atoms with Crippen LogP contribution < -0.4 is 10.9 Å². The molecule has 7 nitrogen and oxygen atoms in total. The van der Waals surface area contributed by atoms with Gasteiger partial charge in [-0.1, -0.05) is 65.8 Å². The Morgan fingerprint density at radius 3 is 2.26 bits per heavy atom. The van der Waals surface area contributed by atoms with E-state index in [-0.39, 0.29) is 23.9 Å². The van der Waals surface area contributed by atoms with Gasteiger partial charge < -0.3 is 14.4 Å². The number of amides is 1. The van der Waals surface area contributed by atoms with Crippen molar-refractivity contribution >= 4 is 5.91 Å². The number of aromatic nitrogens is 3. The first-order valence-corrected chi connectivity index (χ1v) is 10.0. The summed E-state index contributed by atoms with van der Waals surface area (Å²) in [5.74, 6) is 0.310. The number of carbonyl (C=O) groups is 1. The van der Waals surface area contributed by atoms with E-state index in [1.54, 1.807) is 0 Å². The minimum atomic E-state index is -0.241. The van der Waals surface area contributed by atoms with E-state index >= 15 is 0 Å². The van der Waals surface area contributed by atoms with E-state index in [1.807, 2.05) is 36.4 Å². The zero-order chi connectivity index (χ0) is 21.5. The molecule has 0 saturated carbocycles. The molecule has 2 aromatic carbocycles. The van der Waals surface area contributed by atoms with Gasteiger partial charge in [0.2, 0.25) is 6.39 Å². The van der Waals surface area contributed by atoms with Crippen LogP contribution in [0, 0.1) is 0 Å². The summed E-state index contributed by atoms with van der Waals surface area (Å²) in [4.78, 5) is 28.7. The number of hydrogen-bond donors (Lipinski definition) is 1. The van der Waals surface area contributed by atoms with Gasteiger partial charge in [-0.05, 0) is 23.6 Å². The maximum atomic E-state index is 12.7. The number of pyridine rings is 1. The molecule has 156 valence electrons.